The summed E-state index contributed by atoms with van der Waals surface area (Å²) in [7, 11) is 2.36. The second kappa shape index (κ2) is 15.9. The Hall–Kier alpha value is -4.10. The number of aromatic nitrogens is 4. The van der Waals surface area contributed by atoms with E-state index in [2.05, 4.69) is 201 Å². The molecule has 0 atom stereocenters. The molecule has 0 unspecified atom stereocenters. The van der Waals surface area contributed by atoms with Gasteiger partial charge in [-0.2, -0.15) is 18.3 Å². The average Bonchev–Trinajstić information content (AvgIpc) is 3.69. The summed E-state index contributed by atoms with van der Waals surface area (Å²) in [5.41, 5.74) is 21.0. The number of hydrogen-bond donors (Lipinski definition) is 0. The number of para-hydroxylation sites is 2. The van der Waals surface area contributed by atoms with Crippen LogP contribution in [0.15, 0.2) is 85.5 Å². The minimum Gasteiger partial charge on any atom is -0.191 e. The molecule has 0 amide bonds. The Bertz CT molecular complexity index is 2110. The van der Waals surface area contributed by atoms with E-state index in [4.69, 9.17) is 0 Å². The van der Waals surface area contributed by atoms with Gasteiger partial charge in [0.1, 0.15) is 47.5 Å². The number of nitrogens with zero attached hydrogens (tertiary/aromatic N) is 4. The van der Waals surface area contributed by atoms with E-state index < -0.39 is 0 Å². The van der Waals surface area contributed by atoms with Crippen molar-refractivity contribution in [3.8, 4) is 22.7 Å². The first-order chi connectivity index (χ1) is 25.6. The molecule has 0 spiro atoms. The summed E-state index contributed by atoms with van der Waals surface area (Å²) < 4.78 is 9.97. The monoisotopic (exact) mass is 754 g/mol. The van der Waals surface area contributed by atoms with Crippen LogP contribution in [0.1, 0.15) is 135 Å². The van der Waals surface area contributed by atoms with Gasteiger partial charge in [-0.3, -0.25) is 0 Å². The van der Waals surface area contributed by atoms with Crippen molar-refractivity contribution in [1.29, 1.82) is 0 Å². The Morgan fingerprint density at radius 3 is 1.20 bits per heavy atom. The van der Waals surface area contributed by atoms with Crippen LogP contribution in [0.3, 0.4) is 0 Å². The highest BCUT2D eigenvalue weighted by molar-refractivity contribution is 7.90. The highest BCUT2D eigenvalue weighted by Crippen LogP contribution is 2.34. The topological polar surface area (TPSA) is 17.6 Å². The Kier molecular flexibility index (Phi) is 11.7. The van der Waals surface area contributed by atoms with Crippen molar-refractivity contribution in [1.82, 2.24) is 9.13 Å². The summed E-state index contributed by atoms with van der Waals surface area (Å²) in [6, 6.07) is 23.1. The Labute approximate surface area is 328 Å². The van der Waals surface area contributed by atoms with E-state index >= 15 is 0 Å². The van der Waals surface area contributed by atoms with Gasteiger partial charge in [-0.1, -0.05) is 127 Å². The van der Waals surface area contributed by atoms with Crippen LogP contribution in [-0.4, -0.2) is 9.13 Å². The van der Waals surface area contributed by atoms with E-state index in [1.54, 1.807) is 0 Å². The molecule has 4 nitrogen and oxygen atoms in total. The zero-order chi connectivity index (χ0) is 39.2. The molecule has 0 aliphatic carbocycles. The number of aryl methyl sites for hydroxylation is 6. The van der Waals surface area contributed by atoms with Gasteiger partial charge < -0.3 is 0 Å². The second-order valence-electron chi connectivity index (χ2n) is 16.6. The zero-order valence-electron chi connectivity index (χ0n) is 35.1. The van der Waals surface area contributed by atoms with Crippen LogP contribution in [0.5, 0.6) is 0 Å². The molecule has 6 rings (SSSR count). The summed E-state index contributed by atoms with van der Waals surface area (Å²) >= 11 is 0. The standard InChI is InChI=1S/C48H60N4P2/c1-29(2)39-17-15-18-40(30(3)4)45(39)51-23-24-52(46-41(31(5)6)19-16-20-42(46)32(7)8)48(51)54-53-47-49(43-35(11)25-33(9)26-36(43)12)21-22-50(47)44-37(13)27-34(10)28-38(44)14/h15-32H,1-14H3/q+2. The van der Waals surface area contributed by atoms with Gasteiger partial charge in [-0.25, -0.2) is 0 Å². The Morgan fingerprint density at radius 1 is 0.444 bits per heavy atom. The number of hydrogen-bond acceptors (Lipinski definition) is 0. The maximum absolute atomic E-state index is 2.53. The molecule has 6 heteroatoms. The molecular formula is C48H60N4P2+2. The zero-order valence-corrected chi connectivity index (χ0v) is 36.9. The lowest BCUT2D eigenvalue weighted by Gasteiger charge is -2.19. The summed E-state index contributed by atoms with van der Waals surface area (Å²) in [5, 5.41) is 0. The smallest absolute Gasteiger partial charge is 0.191 e. The molecule has 54 heavy (non-hydrogen) atoms. The van der Waals surface area contributed by atoms with Gasteiger partial charge in [0.15, 0.2) is 0 Å². The van der Waals surface area contributed by atoms with E-state index in [1.165, 1.54) is 105 Å². The molecule has 2 heterocycles. The van der Waals surface area contributed by atoms with E-state index in [0.717, 1.165) is 0 Å². The van der Waals surface area contributed by atoms with Crippen LogP contribution in [-0.2, 0) is 0 Å². The third-order valence-electron chi connectivity index (χ3n) is 10.7. The molecule has 6 aromatic rings. The van der Waals surface area contributed by atoms with Gasteiger partial charge in [-0.05, 0) is 87.5 Å². The van der Waals surface area contributed by atoms with Crippen molar-refractivity contribution < 1.29 is 9.13 Å². The summed E-state index contributed by atoms with van der Waals surface area (Å²) in [4.78, 5) is 0. The van der Waals surface area contributed by atoms with Crippen molar-refractivity contribution in [2.24, 2.45) is 0 Å². The first-order valence-electron chi connectivity index (χ1n) is 19.7. The van der Waals surface area contributed by atoms with Crippen LogP contribution >= 0.6 is 15.7 Å². The van der Waals surface area contributed by atoms with Crippen molar-refractivity contribution in [3.63, 3.8) is 0 Å². The molecule has 280 valence electrons. The highest BCUT2D eigenvalue weighted by Gasteiger charge is 2.31. The van der Waals surface area contributed by atoms with Gasteiger partial charge in [0.05, 0.1) is 15.7 Å². The van der Waals surface area contributed by atoms with E-state index in [1.807, 2.05) is 0 Å². The largest absolute Gasteiger partial charge is 0.321 e. The minimum absolute atomic E-state index is 0.380. The summed E-state index contributed by atoms with van der Waals surface area (Å²) in [5.74, 6) is 1.52. The number of rotatable bonds is 10. The maximum atomic E-state index is 2.53. The lowest BCUT2D eigenvalue weighted by atomic mass is 9.92. The lowest BCUT2D eigenvalue weighted by molar-refractivity contribution is -0.576. The fourth-order valence-electron chi connectivity index (χ4n) is 8.43. The van der Waals surface area contributed by atoms with Crippen LogP contribution in [0.2, 0.25) is 0 Å². The molecule has 0 aliphatic heterocycles. The molecule has 0 radical (unpaired) electrons. The first-order valence-corrected chi connectivity index (χ1v) is 22.2. The molecular weight excluding hydrogens is 695 g/mol. The van der Waals surface area contributed by atoms with Gasteiger partial charge in [0.2, 0.25) is 0 Å². The molecule has 0 saturated carbocycles. The molecule has 4 aromatic carbocycles. The molecule has 0 aliphatic rings. The minimum atomic E-state index is 0.380. The molecule has 0 fully saturated rings. The van der Waals surface area contributed by atoms with Crippen molar-refractivity contribution in [3.05, 3.63) is 141 Å². The molecule has 0 N–H and O–H groups in total. The average molecular weight is 755 g/mol. The van der Waals surface area contributed by atoms with Crippen LogP contribution in [0, 0.1) is 41.5 Å². The molecule has 0 bridgehead atoms. The van der Waals surface area contributed by atoms with E-state index in [9.17, 15) is 0 Å². The first kappa shape index (κ1) is 39.6. The van der Waals surface area contributed by atoms with Crippen molar-refractivity contribution in [2.45, 2.75) is 121 Å². The Morgan fingerprint density at radius 2 is 0.796 bits per heavy atom. The third-order valence-corrected chi connectivity index (χ3v) is 13.4. The second-order valence-corrected chi connectivity index (χ2v) is 19.0. The van der Waals surface area contributed by atoms with Gasteiger partial charge in [0, 0.05) is 22.3 Å². The maximum Gasteiger partial charge on any atom is 0.321 e. The van der Waals surface area contributed by atoms with E-state index in [0.29, 0.717) is 23.7 Å². The van der Waals surface area contributed by atoms with Gasteiger partial charge >= 0.3 is 11.1 Å². The van der Waals surface area contributed by atoms with Crippen molar-refractivity contribution in [2.75, 3.05) is 0 Å². The van der Waals surface area contributed by atoms with Crippen LogP contribution in [0.4, 0.5) is 0 Å². The molecule has 2 aromatic heterocycles. The van der Waals surface area contributed by atoms with Gasteiger partial charge in [-0.15, -0.1) is 0 Å². The summed E-state index contributed by atoms with van der Waals surface area (Å²) in [6.45, 7) is 32.1. The summed E-state index contributed by atoms with van der Waals surface area (Å²) in [6.07, 6.45) is 9.23. The number of imidazole rings is 2. The van der Waals surface area contributed by atoms with Crippen molar-refractivity contribution >= 4 is 26.9 Å². The predicted molar refractivity (Wildman–Crippen MR) is 232 cm³/mol. The fourth-order valence-corrected chi connectivity index (χ4v) is 11.4. The SMILES string of the molecule is Cc1cc(C)c(-n2cc[n+](-c3c(C)cc(C)cc3C)c2P=Pc2n(-c3c(C(C)C)cccc3C(C)C)cc[n+]2-c2c(C(C)C)cccc2C(C)C)c(C)c1. The van der Waals surface area contributed by atoms with E-state index in [-0.39, 0.29) is 0 Å². The normalized spacial score (nSPS) is 12.1. The van der Waals surface area contributed by atoms with Crippen LogP contribution < -0.4 is 20.3 Å². The predicted octanol–water partition coefficient (Wildman–Crippen LogP) is 11.9. The van der Waals surface area contributed by atoms with Crippen LogP contribution in [0.25, 0.3) is 22.7 Å². The third kappa shape index (κ3) is 7.45. The molecule has 0 saturated heterocycles. The number of benzene rings is 4. The Balaban J connectivity index is 1.74. The fraction of sp³-hybridized carbons (Fsp3) is 0.375. The highest BCUT2D eigenvalue weighted by atomic mass is 31.7. The quantitative estimate of drug-likeness (QED) is 0.0979. The van der Waals surface area contributed by atoms with Gasteiger partial charge in [0.25, 0.3) is 0 Å². The lowest BCUT2D eigenvalue weighted by Crippen LogP contribution is -2.46.